The number of rotatable bonds is 2. The highest BCUT2D eigenvalue weighted by Gasteiger charge is 1.95. The van der Waals surface area contributed by atoms with Gasteiger partial charge in [0.25, 0.3) is 0 Å². The van der Waals surface area contributed by atoms with E-state index in [0.29, 0.717) is 0 Å². The van der Waals surface area contributed by atoms with Gasteiger partial charge in [-0.05, 0) is 59.3 Å². The van der Waals surface area contributed by atoms with E-state index >= 15 is 0 Å². The van der Waals surface area contributed by atoms with Crippen molar-refractivity contribution in [2.45, 2.75) is 65.4 Å². The van der Waals surface area contributed by atoms with Gasteiger partial charge in [-0.3, -0.25) is 0 Å². The van der Waals surface area contributed by atoms with Gasteiger partial charge in [-0.1, -0.05) is 0 Å². The lowest BCUT2D eigenvalue weighted by atomic mass is 10.2. The predicted molar refractivity (Wildman–Crippen MR) is 98.6 cm³/mol. The summed E-state index contributed by atoms with van der Waals surface area (Å²) in [5.41, 5.74) is 0. The summed E-state index contributed by atoms with van der Waals surface area (Å²) in [5.74, 6) is 0.167. The van der Waals surface area contributed by atoms with Crippen LogP contribution in [0, 0.1) is 0 Å². The molecule has 0 saturated carbocycles. The molecule has 2 saturated heterocycles. The Bertz CT molecular complexity index is 186. The molecule has 0 aromatic carbocycles. The smallest absolute Gasteiger partial charge is 0.126 e. The Morgan fingerprint density at radius 2 is 1.04 bits per heavy atom. The lowest BCUT2D eigenvalue weighted by molar-refractivity contribution is -0.114. The molecule has 0 amide bonds. The number of aliphatic hydroxyl groups excluding tert-OH is 4. The maximum absolute atomic E-state index is 9.44. The van der Waals surface area contributed by atoms with Crippen LogP contribution in [0.25, 0.3) is 0 Å². The number of hydrogen-bond acceptors (Lipinski definition) is 7. The van der Waals surface area contributed by atoms with E-state index in [-0.39, 0.29) is 25.6 Å². The Morgan fingerprint density at radius 1 is 0.800 bits per heavy atom. The Kier molecular flexibility index (Phi) is 33.0. The standard InChI is InChI=1S/2C5H10O.C3H8O3.C3H6O.C2H6O/c2*1-2-4-6-5-3-1;4-1-3(6)2-5;1-3(2)4;1-2-3/h2*1-5H2;3-6H,1-2H2;1-2H3;3H,2H2,1H3. The third kappa shape index (κ3) is 45.2. The number of carbonyl (C=O) groups is 1. The quantitative estimate of drug-likeness (QED) is 0.580. The highest BCUT2D eigenvalue weighted by molar-refractivity contribution is 5.72. The molecule has 2 aliphatic heterocycles. The topological polar surface area (TPSA) is 116 Å². The number of aliphatic hydroxyl groups is 4. The van der Waals surface area contributed by atoms with E-state index < -0.39 is 6.10 Å². The number of Topliss-reactive ketones (excluding diaryl/α,β-unsaturated/α-hetero) is 1. The van der Waals surface area contributed by atoms with Crippen LogP contribution in [0.5, 0.6) is 0 Å². The lowest BCUT2D eigenvalue weighted by Crippen LogP contribution is -2.15. The maximum atomic E-state index is 9.44. The summed E-state index contributed by atoms with van der Waals surface area (Å²) >= 11 is 0. The first-order valence-electron chi connectivity index (χ1n) is 9.09. The molecule has 0 aliphatic carbocycles. The molecule has 154 valence electrons. The first-order valence-corrected chi connectivity index (χ1v) is 9.09. The highest BCUT2D eigenvalue weighted by Crippen LogP contribution is 2.02. The van der Waals surface area contributed by atoms with E-state index in [1.165, 1.54) is 52.4 Å². The minimum absolute atomic E-state index is 0.167. The van der Waals surface area contributed by atoms with Gasteiger partial charge in [0, 0.05) is 33.0 Å². The van der Waals surface area contributed by atoms with Crippen LogP contribution in [0.3, 0.4) is 0 Å². The summed E-state index contributed by atoms with van der Waals surface area (Å²) in [7, 11) is 0. The van der Waals surface area contributed by atoms with Gasteiger partial charge >= 0.3 is 0 Å². The number of ketones is 1. The van der Waals surface area contributed by atoms with E-state index in [2.05, 4.69) is 0 Å². The van der Waals surface area contributed by atoms with E-state index in [1.54, 1.807) is 6.92 Å². The molecule has 0 aromatic rings. The number of carbonyl (C=O) groups excluding carboxylic acids is 1. The van der Waals surface area contributed by atoms with E-state index in [1.807, 2.05) is 0 Å². The van der Waals surface area contributed by atoms with Crippen LogP contribution < -0.4 is 0 Å². The molecule has 2 fully saturated rings. The molecule has 0 atom stereocenters. The fourth-order valence-electron chi connectivity index (χ4n) is 1.43. The Hall–Kier alpha value is -0.570. The summed E-state index contributed by atoms with van der Waals surface area (Å²) in [6.45, 7) is 8.26. The lowest BCUT2D eigenvalue weighted by Gasteiger charge is -2.08. The fourth-order valence-corrected chi connectivity index (χ4v) is 1.43. The zero-order chi connectivity index (χ0) is 19.8. The molecule has 2 aliphatic rings. The van der Waals surface area contributed by atoms with Crippen molar-refractivity contribution < 1.29 is 34.7 Å². The van der Waals surface area contributed by atoms with Crippen LogP contribution in [0.4, 0.5) is 0 Å². The van der Waals surface area contributed by atoms with E-state index in [0.717, 1.165) is 26.4 Å². The molecular weight excluding hydrogens is 328 g/mol. The van der Waals surface area contributed by atoms with Gasteiger partial charge in [0.2, 0.25) is 0 Å². The fraction of sp³-hybridized carbons (Fsp3) is 0.944. The summed E-state index contributed by atoms with van der Waals surface area (Å²) in [6, 6.07) is 0. The molecule has 0 radical (unpaired) electrons. The predicted octanol–water partition coefficient (Wildman–Crippen LogP) is 1.30. The van der Waals surface area contributed by atoms with Crippen molar-refractivity contribution in [1.29, 1.82) is 0 Å². The minimum Gasteiger partial charge on any atom is -0.397 e. The highest BCUT2D eigenvalue weighted by atomic mass is 16.5. The van der Waals surface area contributed by atoms with Crippen molar-refractivity contribution in [3.05, 3.63) is 0 Å². The Balaban J connectivity index is -0.000000248. The van der Waals surface area contributed by atoms with Crippen LogP contribution in [-0.4, -0.2) is 78.6 Å². The van der Waals surface area contributed by atoms with Crippen molar-refractivity contribution in [3.63, 3.8) is 0 Å². The first kappa shape index (κ1) is 29.2. The summed E-state index contributed by atoms with van der Waals surface area (Å²) in [5, 5.41) is 31.6. The number of ether oxygens (including phenoxy) is 2. The molecule has 0 bridgehead atoms. The minimum atomic E-state index is -0.954. The second-order valence-corrected chi connectivity index (χ2v) is 5.59. The van der Waals surface area contributed by atoms with Crippen molar-refractivity contribution in [1.82, 2.24) is 0 Å². The molecule has 0 aromatic heterocycles. The van der Waals surface area contributed by atoms with Crippen LogP contribution in [0.2, 0.25) is 0 Å². The number of hydrogen-bond donors (Lipinski definition) is 4. The largest absolute Gasteiger partial charge is 0.397 e. The Labute approximate surface area is 153 Å². The third-order valence-corrected chi connectivity index (χ3v) is 2.58. The van der Waals surface area contributed by atoms with Gasteiger partial charge in [-0.25, -0.2) is 0 Å². The molecule has 4 N–H and O–H groups in total. The second-order valence-electron chi connectivity index (χ2n) is 5.59. The van der Waals surface area contributed by atoms with Gasteiger partial charge in [-0.15, -0.1) is 0 Å². The molecule has 0 unspecified atom stereocenters. The third-order valence-electron chi connectivity index (χ3n) is 2.58. The summed E-state index contributed by atoms with van der Waals surface area (Å²) < 4.78 is 10.1. The molecule has 0 spiro atoms. The summed E-state index contributed by atoms with van der Waals surface area (Å²) in [4.78, 5) is 9.44. The first-order chi connectivity index (χ1) is 12.0. The van der Waals surface area contributed by atoms with Crippen LogP contribution in [0.15, 0.2) is 0 Å². The zero-order valence-electron chi connectivity index (χ0n) is 16.3. The SMILES string of the molecule is C1CCOCC1.C1CCOCC1.CC(C)=O.CCO.OCC(O)CO. The van der Waals surface area contributed by atoms with Gasteiger partial charge in [0.1, 0.15) is 11.9 Å². The van der Waals surface area contributed by atoms with Crippen LogP contribution in [0.1, 0.15) is 59.3 Å². The van der Waals surface area contributed by atoms with E-state index in [4.69, 9.17) is 29.9 Å². The van der Waals surface area contributed by atoms with Crippen molar-refractivity contribution in [2.24, 2.45) is 0 Å². The molecular formula is C18H40O7. The van der Waals surface area contributed by atoms with Gasteiger partial charge < -0.3 is 34.7 Å². The van der Waals surface area contributed by atoms with Crippen molar-refractivity contribution >= 4 is 5.78 Å². The maximum Gasteiger partial charge on any atom is 0.126 e. The molecule has 7 heteroatoms. The molecule has 7 nitrogen and oxygen atoms in total. The van der Waals surface area contributed by atoms with E-state index in [9.17, 15) is 4.79 Å². The van der Waals surface area contributed by atoms with Crippen LogP contribution in [-0.2, 0) is 14.3 Å². The monoisotopic (exact) mass is 368 g/mol. The average Bonchev–Trinajstić information content (AvgIpc) is 2.65. The Morgan fingerprint density at radius 3 is 1.08 bits per heavy atom. The van der Waals surface area contributed by atoms with Gasteiger partial charge in [0.05, 0.1) is 13.2 Å². The molecule has 2 heterocycles. The zero-order valence-corrected chi connectivity index (χ0v) is 16.3. The van der Waals surface area contributed by atoms with Crippen molar-refractivity contribution in [2.75, 3.05) is 46.2 Å². The normalized spacial score (nSPS) is 15.7. The van der Waals surface area contributed by atoms with Gasteiger partial charge in [0.15, 0.2) is 0 Å². The molecule has 2 rings (SSSR count). The average molecular weight is 369 g/mol. The second kappa shape index (κ2) is 28.2. The summed E-state index contributed by atoms with van der Waals surface area (Å²) in [6.07, 6.45) is 6.91. The van der Waals surface area contributed by atoms with Gasteiger partial charge in [-0.2, -0.15) is 0 Å². The van der Waals surface area contributed by atoms with Crippen LogP contribution >= 0.6 is 0 Å². The molecule has 25 heavy (non-hydrogen) atoms. The van der Waals surface area contributed by atoms with Crippen molar-refractivity contribution in [3.8, 4) is 0 Å².